The van der Waals surface area contributed by atoms with Gasteiger partial charge in [-0.1, -0.05) is 24.3 Å². The van der Waals surface area contributed by atoms with E-state index in [1.807, 2.05) is 31.2 Å². The van der Waals surface area contributed by atoms with Gasteiger partial charge in [0.25, 0.3) is 11.8 Å². The lowest BCUT2D eigenvalue weighted by Crippen LogP contribution is -2.34. The Morgan fingerprint density at radius 3 is 2.96 bits per heavy atom. The lowest BCUT2D eigenvalue weighted by atomic mass is 10.1. The summed E-state index contributed by atoms with van der Waals surface area (Å²) in [6.45, 7) is 3.55. The number of aromatic nitrogens is 2. The fourth-order valence-corrected chi connectivity index (χ4v) is 3.02. The predicted octanol–water partition coefficient (Wildman–Crippen LogP) is 0.585. The predicted molar refractivity (Wildman–Crippen MR) is 98.4 cm³/mol. The molecule has 2 N–H and O–H groups in total. The van der Waals surface area contributed by atoms with Crippen LogP contribution in [0.5, 0.6) is 0 Å². The van der Waals surface area contributed by atoms with Gasteiger partial charge in [-0.2, -0.15) is 5.10 Å². The van der Waals surface area contributed by atoms with Crippen molar-refractivity contribution in [2.24, 2.45) is 0 Å². The van der Waals surface area contributed by atoms with Crippen LogP contribution >= 0.6 is 0 Å². The summed E-state index contributed by atoms with van der Waals surface area (Å²) in [5, 5.41) is 16.8. The summed E-state index contributed by atoms with van der Waals surface area (Å²) in [5.74, 6) is -0.626. The zero-order valence-electron chi connectivity index (χ0n) is 15.5. The number of ether oxygens (including phenoxy) is 1. The monoisotopic (exact) mass is 372 g/mol. The Hall–Kier alpha value is -2.71. The first-order chi connectivity index (χ1) is 13.0. The third-order valence-corrected chi connectivity index (χ3v) is 4.59. The van der Waals surface area contributed by atoms with Gasteiger partial charge in [0.2, 0.25) is 0 Å². The van der Waals surface area contributed by atoms with E-state index in [1.165, 1.54) is 10.7 Å². The van der Waals surface area contributed by atoms with E-state index in [1.54, 1.807) is 12.0 Å². The van der Waals surface area contributed by atoms with Crippen LogP contribution in [0.1, 0.15) is 32.1 Å². The Bertz CT molecular complexity index is 833. The number of aliphatic hydroxyl groups excluding tert-OH is 1. The van der Waals surface area contributed by atoms with Crippen molar-refractivity contribution in [1.29, 1.82) is 0 Å². The van der Waals surface area contributed by atoms with Crippen LogP contribution < -0.4 is 5.32 Å². The number of β-amino-alcohol motifs (C(OH)–C–C–N with tert-alkyl or cyclic N) is 1. The number of aliphatic hydroxyl groups is 1. The summed E-state index contributed by atoms with van der Waals surface area (Å²) in [6, 6.07) is 9.35. The van der Waals surface area contributed by atoms with Gasteiger partial charge in [-0.3, -0.25) is 14.3 Å². The van der Waals surface area contributed by atoms with Crippen LogP contribution in [-0.4, -0.2) is 64.5 Å². The first-order valence-corrected chi connectivity index (χ1v) is 8.86. The maximum Gasteiger partial charge on any atom is 0.274 e. The topological polar surface area (TPSA) is 96.7 Å². The third-order valence-electron chi connectivity index (χ3n) is 4.59. The van der Waals surface area contributed by atoms with Crippen LogP contribution in [0, 0.1) is 6.92 Å². The molecule has 3 rings (SSSR count). The lowest BCUT2D eigenvalue weighted by molar-refractivity contribution is 0.0672. The number of nitrogens with one attached hydrogen (secondary N) is 1. The summed E-state index contributed by atoms with van der Waals surface area (Å²) in [5.41, 5.74) is 2.59. The van der Waals surface area contributed by atoms with E-state index in [0.717, 1.165) is 11.1 Å². The van der Waals surface area contributed by atoms with Gasteiger partial charge in [0.05, 0.1) is 19.3 Å². The van der Waals surface area contributed by atoms with E-state index in [-0.39, 0.29) is 36.3 Å². The molecule has 0 bridgehead atoms. The number of fused-ring (bicyclic) bond motifs is 1. The van der Waals surface area contributed by atoms with Gasteiger partial charge in [0, 0.05) is 32.8 Å². The fourth-order valence-electron chi connectivity index (χ4n) is 3.02. The van der Waals surface area contributed by atoms with Crippen LogP contribution in [0.3, 0.4) is 0 Å². The Balaban J connectivity index is 1.86. The third kappa shape index (κ3) is 4.35. The van der Waals surface area contributed by atoms with Crippen LogP contribution in [-0.2, 0) is 17.8 Å². The minimum absolute atomic E-state index is 0.164. The maximum absolute atomic E-state index is 13.1. The van der Waals surface area contributed by atoms with Crippen LogP contribution in [0.15, 0.2) is 30.3 Å². The van der Waals surface area contributed by atoms with Crippen molar-refractivity contribution in [2.45, 2.75) is 26.1 Å². The van der Waals surface area contributed by atoms with Gasteiger partial charge in [-0.25, -0.2) is 0 Å². The quantitative estimate of drug-likeness (QED) is 0.773. The van der Waals surface area contributed by atoms with Crippen molar-refractivity contribution in [3.8, 4) is 0 Å². The number of carbonyl (C=O) groups excluding carboxylic acids is 2. The molecule has 1 aromatic heterocycles. The largest absolute Gasteiger partial charge is 0.389 e. The van der Waals surface area contributed by atoms with Crippen LogP contribution in [0.25, 0.3) is 0 Å². The highest BCUT2D eigenvalue weighted by molar-refractivity contribution is 5.98. The molecule has 0 fully saturated rings. The molecule has 0 spiro atoms. The van der Waals surface area contributed by atoms with Gasteiger partial charge in [0.15, 0.2) is 5.69 Å². The minimum atomic E-state index is -0.741. The molecular weight excluding hydrogens is 348 g/mol. The molecule has 8 nitrogen and oxygen atoms in total. The number of hydrogen-bond acceptors (Lipinski definition) is 5. The zero-order chi connectivity index (χ0) is 19.4. The van der Waals surface area contributed by atoms with Crippen molar-refractivity contribution in [2.75, 3.05) is 26.8 Å². The average Bonchev–Trinajstić information content (AvgIpc) is 3.02. The highest BCUT2D eigenvalue weighted by Crippen LogP contribution is 2.15. The molecule has 0 saturated carbocycles. The SMILES string of the molecule is COCCN(Cc1ccccc1C)C(=O)c1cc2n(n1)CC(O)CNC2=O. The van der Waals surface area contributed by atoms with E-state index in [4.69, 9.17) is 4.74 Å². The molecule has 1 aliphatic rings. The Kier molecular flexibility index (Phi) is 5.88. The number of hydrogen-bond donors (Lipinski definition) is 2. The Morgan fingerprint density at radius 2 is 2.22 bits per heavy atom. The highest BCUT2D eigenvalue weighted by atomic mass is 16.5. The molecule has 144 valence electrons. The van der Waals surface area contributed by atoms with E-state index in [0.29, 0.717) is 19.7 Å². The van der Waals surface area contributed by atoms with E-state index < -0.39 is 6.10 Å². The molecular formula is C19H24N4O4. The highest BCUT2D eigenvalue weighted by Gasteiger charge is 2.26. The maximum atomic E-state index is 13.1. The Labute approximate surface area is 157 Å². The van der Waals surface area contributed by atoms with E-state index in [2.05, 4.69) is 10.4 Å². The molecule has 2 amide bonds. The standard InChI is InChI=1S/C19H24N4O4/c1-13-5-3-4-6-14(13)11-22(7-8-27-2)19(26)16-9-17-18(25)20-10-15(24)12-23(17)21-16/h3-6,9,15,24H,7-8,10-12H2,1-2H3,(H,20,25). The number of carbonyl (C=O) groups is 2. The number of rotatable bonds is 6. The van der Waals surface area contributed by atoms with Crippen LogP contribution in [0.2, 0.25) is 0 Å². The molecule has 0 saturated heterocycles. The van der Waals surface area contributed by atoms with Gasteiger partial charge in [-0.15, -0.1) is 0 Å². The molecule has 1 aromatic carbocycles. The number of amides is 2. The normalized spacial score (nSPS) is 16.4. The van der Waals surface area contributed by atoms with Crippen molar-refractivity contribution in [3.05, 3.63) is 52.8 Å². The van der Waals surface area contributed by atoms with Crippen molar-refractivity contribution >= 4 is 11.8 Å². The molecule has 1 atom stereocenters. The second-order valence-electron chi connectivity index (χ2n) is 6.61. The number of aryl methyl sites for hydroxylation is 1. The second kappa shape index (κ2) is 8.32. The van der Waals surface area contributed by atoms with Gasteiger partial charge in [-0.05, 0) is 18.1 Å². The Morgan fingerprint density at radius 1 is 1.44 bits per heavy atom. The summed E-state index contributed by atoms with van der Waals surface area (Å²) < 4.78 is 6.53. The summed E-state index contributed by atoms with van der Waals surface area (Å²) in [4.78, 5) is 26.9. The first kappa shape index (κ1) is 19.1. The van der Waals surface area contributed by atoms with Gasteiger partial charge < -0.3 is 20.1 Å². The molecule has 2 aromatic rings. The molecule has 27 heavy (non-hydrogen) atoms. The smallest absolute Gasteiger partial charge is 0.274 e. The minimum Gasteiger partial charge on any atom is -0.389 e. The summed E-state index contributed by atoms with van der Waals surface area (Å²) >= 11 is 0. The van der Waals surface area contributed by atoms with Crippen molar-refractivity contribution in [1.82, 2.24) is 20.0 Å². The molecule has 0 radical (unpaired) electrons. The van der Waals surface area contributed by atoms with Gasteiger partial charge >= 0.3 is 0 Å². The van der Waals surface area contributed by atoms with E-state index >= 15 is 0 Å². The summed E-state index contributed by atoms with van der Waals surface area (Å²) in [6.07, 6.45) is -0.741. The fraction of sp³-hybridized carbons (Fsp3) is 0.421. The van der Waals surface area contributed by atoms with Crippen molar-refractivity contribution < 1.29 is 19.4 Å². The lowest BCUT2D eigenvalue weighted by Gasteiger charge is -2.22. The van der Waals surface area contributed by atoms with Crippen LogP contribution in [0.4, 0.5) is 0 Å². The van der Waals surface area contributed by atoms with Crippen molar-refractivity contribution in [3.63, 3.8) is 0 Å². The molecule has 8 heteroatoms. The van der Waals surface area contributed by atoms with E-state index in [9.17, 15) is 14.7 Å². The zero-order valence-corrected chi connectivity index (χ0v) is 15.5. The number of nitrogens with zero attached hydrogens (tertiary/aromatic N) is 3. The number of methoxy groups -OCH3 is 1. The number of benzene rings is 1. The summed E-state index contributed by atoms with van der Waals surface area (Å²) in [7, 11) is 1.58. The average molecular weight is 372 g/mol. The first-order valence-electron chi connectivity index (χ1n) is 8.86. The van der Waals surface area contributed by atoms with Gasteiger partial charge in [0.1, 0.15) is 5.69 Å². The molecule has 1 unspecified atom stereocenters. The molecule has 0 aliphatic carbocycles. The second-order valence-corrected chi connectivity index (χ2v) is 6.61. The molecule has 2 heterocycles. The molecule has 1 aliphatic heterocycles.